The fourth-order valence-electron chi connectivity index (χ4n) is 5.80. The van der Waals surface area contributed by atoms with Crippen LogP contribution in [-0.2, 0) is 6.18 Å². The summed E-state index contributed by atoms with van der Waals surface area (Å²) in [4.78, 5) is 6.16. The van der Waals surface area contributed by atoms with E-state index in [1.54, 1.807) is 42.5 Å². The van der Waals surface area contributed by atoms with Crippen molar-refractivity contribution in [2.45, 2.75) is 42.2 Å². The van der Waals surface area contributed by atoms with Crippen molar-refractivity contribution in [2.75, 3.05) is 36.8 Å². The molecule has 2 heterocycles. The molecule has 0 saturated carbocycles. The lowest BCUT2D eigenvalue weighted by atomic mass is 9.96. The number of allylic oxidation sites excluding steroid dienone is 4. The Hall–Kier alpha value is -4.21. The van der Waals surface area contributed by atoms with Crippen LogP contribution >= 0.6 is 11.8 Å². The normalized spacial score (nSPS) is 16.0. The van der Waals surface area contributed by atoms with E-state index in [0.29, 0.717) is 40.3 Å². The van der Waals surface area contributed by atoms with Gasteiger partial charge in [-0.1, -0.05) is 61.2 Å². The van der Waals surface area contributed by atoms with Gasteiger partial charge in [-0.2, -0.15) is 13.2 Å². The molecule has 1 fully saturated rings. The predicted molar refractivity (Wildman–Crippen MR) is 183 cm³/mol. The summed E-state index contributed by atoms with van der Waals surface area (Å²) in [5, 5.41) is 7.50. The lowest BCUT2D eigenvalue weighted by molar-refractivity contribution is -0.137. The summed E-state index contributed by atoms with van der Waals surface area (Å²) in [6.45, 7) is 8.95. The number of likely N-dealkylation sites (tertiary alicyclic amines) is 1. The first-order valence-corrected chi connectivity index (χ1v) is 15.8. The van der Waals surface area contributed by atoms with Crippen molar-refractivity contribution in [2.24, 2.45) is 5.73 Å². The van der Waals surface area contributed by atoms with E-state index in [4.69, 9.17) is 16.9 Å². The summed E-state index contributed by atoms with van der Waals surface area (Å²) in [6, 6.07) is 13.9. The molecule has 5 N–H and O–H groups in total. The second-order valence-corrected chi connectivity index (χ2v) is 12.2. The van der Waals surface area contributed by atoms with Gasteiger partial charge in [-0.15, -0.1) is 0 Å². The SMILES string of the molecule is C=Cc1cc(-c2cc3c(cc2C(F)(F)F)N(CCN2CCCCC2)c2ccc(/C=C/C=C(N)\C(C=N)=C/C)cc2S3)ccc1N. The van der Waals surface area contributed by atoms with Crippen LogP contribution in [0.4, 0.5) is 30.2 Å². The van der Waals surface area contributed by atoms with Gasteiger partial charge in [0.05, 0.1) is 16.9 Å². The first-order valence-electron chi connectivity index (χ1n) is 15.0. The number of halogens is 3. The number of rotatable bonds is 9. The van der Waals surface area contributed by atoms with Crippen LogP contribution in [0.1, 0.15) is 42.9 Å². The number of nitrogens with two attached hydrogens (primary N) is 2. The van der Waals surface area contributed by atoms with Crippen molar-refractivity contribution in [1.29, 1.82) is 5.41 Å². The van der Waals surface area contributed by atoms with E-state index in [9.17, 15) is 13.2 Å². The first-order chi connectivity index (χ1) is 21.6. The highest BCUT2D eigenvalue weighted by atomic mass is 32.2. The molecule has 0 amide bonds. The van der Waals surface area contributed by atoms with Crippen molar-refractivity contribution < 1.29 is 13.2 Å². The van der Waals surface area contributed by atoms with E-state index in [0.717, 1.165) is 53.5 Å². The number of benzene rings is 3. The van der Waals surface area contributed by atoms with Crippen LogP contribution in [-0.4, -0.2) is 37.3 Å². The van der Waals surface area contributed by atoms with Crippen LogP contribution in [0.15, 0.2) is 94.4 Å². The molecule has 0 atom stereocenters. The fraction of sp³-hybridized carbons (Fsp3) is 0.250. The zero-order valence-electron chi connectivity index (χ0n) is 25.3. The molecule has 0 radical (unpaired) electrons. The maximum Gasteiger partial charge on any atom is 0.417 e. The third-order valence-electron chi connectivity index (χ3n) is 8.26. The van der Waals surface area contributed by atoms with Crippen LogP contribution in [0.5, 0.6) is 0 Å². The Morgan fingerprint density at radius 1 is 1.00 bits per heavy atom. The average Bonchev–Trinajstić information content (AvgIpc) is 3.03. The van der Waals surface area contributed by atoms with Gasteiger partial charge in [0.15, 0.2) is 0 Å². The van der Waals surface area contributed by atoms with E-state index in [2.05, 4.69) is 17.5 Å². The highest BCUT2D eigenvalue weighted by molar-refractivity contribution is 7.99. The molecular weight excluding hydrogens is 591 g/mol. The number of nitrogen functional groups attached to an aromatic ring is 1. The molecule has 5 nitrogen and oxygen atoms in total. The zero-order valence-corrected chi connectivity index (χ0v) is 26.1. The number of piperidine rings is 1. The van der Waals surface area contributed by atoms with Crippen molar-refractivity contribution in [3.05, 3.63) is 101 Å². The summed E-state index contributed by atoms with van der Waals surface area (Å²) >= 11 is 1.47. The molecule has 0 bridgehead atoms. The summed E-state index contributed by atoms with van der Waals surface area (Å²) in [6.07, 6.45) is 9.01. The third-order valence-corrected chi connectivity index (χ3v) is 9.35. The van der Waals surface area contributed by atoms with Crippen molar-refractivity contribution >= 4 is 47.2 Å². The minimum Gasteiger partial charge on any atom is -0.398 e. The molecule has 0 spiro atoms. The lowest BCUT2D eigenvalue weighted by Crippen LogP contribution is -2.37. The summed E-state index contributed by atoms with van der Waals surface area (Å²) in [5.74, 6) is 0. The Morgan fingerprint density at radius 3 is 2.44 bits per heavy atom. The molecule has 0 aromatic heterocycles. The summed E-state index contributed by atoms with van der Waals surface area (Å²) < 4.78 is 44.0. The Morgan fingerprint density at radius 2 is 1.76 bits per heavy atom. The molecule has 234 valence electrons. The van der Waals surface area contributed by atoms with Gasteiger partial charge in [-0.05, 0) is 97.6 Å². The number of anilines is 3. The monoisotopic (exact) mass is 629 g/mol. The number of alkyl halides is 3. The zero-order chi connectivity index (χ0) is 32.1. The Balaban J connectivity index is 1.58. The number of nitrogens with zero attached hydrogens (tertiary/aromatic N) is 2. The Bertz CT molecular complexity index is 1680. The molecule has 2 aliphatic heterocycles. The van der Waals surface area contributed by atoms with Gasteiger partial charge in [0.1, 0.15) is 0 Å². The molecule has 45 heavy (non-hydrogen) atoms. The third kappa shape index (κ3) is 7.21. The molecular formula is C36H38F3N5S. The maximum absolute atomic E-state index is 14.7. The quantitative estimate of drug-likeness (QED) is 0.125. The van der Waals surface area contributed by atoms with Crippen molar-refractivity contribution in [3.8, 4) is 11.1 Å². The van der Waals surface area contributed by atoms with Crippen molar-refractivity contribution in [1.82, 2.24) is 4.90 Å². The van der Waals surface area contributed by atoms with Crippen LogP contribution < -0.4 is 16.4 Å². The molecule has 0 unspecified atom stereocenters. The lowest BCUT2D eigenvalue weighted by Gasteiger charge is -2.36. The van der Waals surface area contributed by atoms with Gasteiger partial charge in [-0.25, -0.2) is 0 Å². The van der Waals surface area contributed by atoms with Crippen molar-refractivity contribution in [3.63, 3.8) is 0 Å². The molecule has 0 aliphatic carbocycles. The van der Waals surface area contributed by atoms with Gasteiger partial charge >= 0.3 is 6.18 Å². The molecule has 3 aromatic rings. The van der Waals surface area contributed by atoms with Gasteiger partial charge < -0.3 is 26.7 Å². The van der Waals surface area contributed by atoms with Crippen LogP contribution in [0.3, 0.4) is 0 Å². The van der Waals surface area contributed by atoms with Crippen LogP contribution in [0.25, 0.3) is 23.3 Å². The number of hydrogen-bond acceptors (Lipinski definition) is 6. The largest absolute Gasteiger partial charge is 0.417 e. The van der Waals surface area contributed by atoms with Gasteiger partial charge in [-0.3, -0.25) is 0 Å². The van der Waals surface area contributed by atoms with Crippen LogP contribution in [0, 0.1) is 5.41 Å². The van der Waals surface area contributed by atoms with Gasteiger partial charge in [0.25, 0.3) is 0 Å². The van der Waals surface area contributed by atoms with Gasteiger partial charge in [0.2, 0.25) is 0 Å². The molecule has 2 aliphatic rings. The number of hydrogen-bond donors (Lipinski definition) is 3. The molecule has 3 aromatic carbocycles. The van der Waals surface area contributed by atoms with Crippen LogP contribution in [0.2, 0.25) is 0 Å². The average molecular weight is 630 g/mol. The Labute approximate surface area is 267 Å². The predicted octanol–water partition coefficient (Wildman–Crippen LogP) is 9.14. The number of nitrogens with one attached hydrogen (secondary N) is 1. The van der Waals surface area contributed by atoms with E-state index >= 15 is 0 Å². The minimum absolute atomic E-state index is 0.110. The standard InChI is InChI=1S/C36H38F3N5S/c1-3-25-20-27(12-13-31(25)42)28-21-35-33(22-29(28)36(37,38)39)44(18-17-43-15-6-5-7-16-43)32-14-11-24(19-34(32)45-35)9-8-10-30(41)26(4-2)23-40/h3-4,8-14,19-23,40H,1,5-7,15-18,41-42H2,2H3/b9-8+,26-4-,30-10+,40-23?. The second kappa shape index (κ2) is 13.8. The van der Waals surface area contributed by atoms with Gasteiger partial charge in [0, 0.05) is 46.1 Å². The van der Waals surface area contributed by atoms with E-state index in [1.165, 1.54) is 30.5 Å². The maximum atomic E-state index is 14.7. The van der Waals surface area contributed by atoms with E-state index in [1.807, 2.05) is 36.1 Å². The summed E-state index contributed by atoms with van der Waals surface area (Å²) in [7, 11) is 0. The minimum atomic E-state index is -4.56. The molecule has 5 rings (SSSR count). The molecule has 9 heteroatoms. The Kier molecular flexibility index (Phi) is 9.90. The molecule has 1 saturated heterocycles. The highest BCUT2D eigenvalue weighted by Gasteiger charge is 2.37. The first kappa shape index (κ1) is 32.2. The van der Waals surface area contributed by atoms with E-state index in [-0.39, 0.29) is 5.56 Å². The summed E-state index contributed by atoms with van der Waals surface area (Å²) in [5.41, 5.74) is 16.6. The topological polar surface area (TPSA) is 82.4 Å². The highest BCUT2D eigenvalue weighted by Crippen LogP contribution is 2.52. The smallest absolute Gasteiger partial charge is 0.398 e. The van der Waals surface area contributed by atoms with E-state index < -0.39 is 11.7 Å². The second-order valence-electron chi connectivity index (χ2n) is 11.2. The number of fused-ring (bicyclic) bond motifs is 2. The fourth-order valence-corrected chi connectivity index (χ4v) is 6.96.